The first-order valence-corrected chi connectivity index (χ1v) is 9.47. The number of halogens is 1. The minimum Gasteiger partial charge on any atom is -0.490 e. The van der Waals surface area contributed by atoms with E-state index in [1.165, 1.54) is 48.7 Å². The van der Waals surface area contributed by atoms with Crippen molar-refractivity contribution in [3.05, 3.63) is 54.2 Å². The third kappa shape index (κ3) is 3.88. The number of benzene rings is 1. The number of anilines is 1. The molecule has 10 heteroatoms. The number of carbonyl (C=O) groups is 1. The number of nitrogen functional groups attached to an aromatic ring is 1. The Morgan fingerprint density at radius 3 is 2.80 bits per heavy atom. The molecule has 0 bridgehead atoms. The van der Waals surface area contributed by atoms with Crippen LogP contribution in [-0.2, 0) is 0 Å². The third-order valence-corrected chi connectivity index (χ3v) is 4.87. The van der Waals surface area contributed by atoms with Crippen molar-refractivity contribution >= 4 is 11.6 Å². The average Bonchev–Trinajstić information content (AvgIpc) is 3.28. The summed E-state index contributed by atoms with van der Waals surface area (Å²) in [4.78, 5) is 20.3. The smallest absolute Gasteiger partial charge is 0.259 e. The molecular formula is C20H21FN6O3. The molecule has 0 spiro atoms. The van der Waals surface area contributed by atoms with Crippen molar-refractivity contribution in [1.29, 1.82) is 0 Å². The Hall–Kier alpha value is -3.69. The summed E-state index contributed by atoms with van der Waals surface area (Å²) < 4.78 is 25.2. The molecule has 1 aliphatic heterocycles. The Bertz CT molecular complexity index is 1040. The summed E-state index contributed by atoms with van der Waals surface area (Å²) in [5.74, 6) is -0.183. The standard InChI is InChI=1S/C20H21FN6O3/c1-29-18-16(22)6-7-23-19(18)30-14-3-2-10-26(12-14)20(28)15-11-13(21)4-5-17(15)27-24-8-9-25-27/h4-9,11,14H,2-3,10,12H2,1H3,(H2,22,23). The van der Waals surface area contributed by atoms with E-state index in [0.29, 0.717) is 30.2 Å². The van der Waals surface area contributed by atoms with Crippen molar-refractivity contribution in [2.45, 2.75) is 18.9 Å². The summed E-state index contributed by atoms with van der Waals surface area (Å²) in [6.45, 7) is 0.851. The van der Waals surface area contributed by atoms with E-state index in [2.05, 4.69) is 15.2 Å². The second-order valence-corrected chi connectivity index (χ2v) is 6.85. The van der Waals surface area contributed by atoms with Crippen LogP contribution in [0.3, 0.4) is 0 Å². The molecule has 1 amide bonds. The highest BCUT2D eigenvalue weighted by atomic mass is 19.1. The van der Waals surface area contributed by atoms with Crippen LogP contribution >= 0.6 is 0 Å². The van der Waals surface area contributed by atoms with Gasteiger partial charge in [0.2, 0.25) is 5.75 Å². The molecule has 3 heterocycles. The maximum atomic E-state index is 13.9. The van der Waals surface area contributed by atoms with E-state index < -0.39 is 5.82 Å². The molecule has 3 aromatic rings. The van der Waals surface area contributed by atoms with Gasteiger partial charge in [0, 0.05) is 12.7 Å². The van der Waals surface area contributed by atoms with Gasteiger partial charge in [-0.05, 0) is 37.1 Å². The number of rotatable bonds is 5. The quantitative estimate of drug-likeness (QED) is 0.683. The van der Waals surface area contributed by atoms with Crippen LogP contribution in [0.4, 0.5) is 10.1 Å². The zero-order chi connectivity index (χ0) is 21.1. The summed E-state index contributed by atoms with van der Waals surface area (Å²) in [6.07, 6.45) is 5.69. The van der Waals surface area contributed by atoms with Gasteiger partial charge < -0.3 is 20.1 Å². The number of hydrogen-bond acceptors (Lipinski definition) is 7. The molecule has 4 rings (SSSR count). The van der Waals surface area contributed by atoms with Gasteiger partial charge >= 0.3 is 0 Å². The van der Waals surface area contributed by atoms with Crippen LogP contribution in [0.15, 0.2) is 42.9 Å². The zero-order valence-electron chi connectivity index (χ0n) is 16.4. The SMILES string of the molecule is COc1c(N)ccnc1OC1CCCN(C(=O)c2cc(F)ccc2-n2nccn2)C1. The molecule has 156 valence electrons. The minimum atomic E-state index is -0.507. The monoisotopic (exact) mass is 412 g/mol. The van der Waals surface area contributed by atoms with E-state index >= 15 is 0 Å². The average molecular weight is 412 g/mol. The van der Waals surface area contributed by atoms with Crippen LogP contribution in [-0.4, -0.2) is 57.1 Å². The van der Waals surface area contributed by atoms with E-state index in [9.17, 15) is 9.18 Å². The predicted molar refractivity (Wildman–Crippen MR) is 106 cm³/mol. The number of likely N-dealkylation sites (tertiary alicyclic amines) is 1. The molecule has 30 heavy (non-hydrogen) atoms. The molecule has 0 radical (unpaired) electrons. The van der Waals surface area contributed by atoms with Crippen molar-refractivity contribution in [2.75, 3.05) is 25.9 Å². The van der Waals surface area contributed by atoms with Crippen LogP contribution < -0.4 is 15.2 Å². The zero-order valence-corrected chi connectivity index (χ0v) is 16.4. The fraction of sp³-hybridized carbons (Fsp3) is 0.300. The van der Waals surface area contributed by atoms with Crippen molar-refractivity contribution in [1.82, 2.24) is 24.9 Å². The third-order valence-electron chi connectivity index (χ3n) is 4.87. The van der Waals surface area contributed by atoms with Crippen LogP contribution in [0.5, 0.6) is 11.6 Å². The first-order chi connectivity index (χ1) is 14.6. The summed E-state index contributed by atoms with van der Waals surface area (Å²) in [5.41, 5.74) is 6.92. The molecule has 0 saturated carbocycles. The molecule has 1 fully saturated rings. The van der Waals surface area contributed by atoms with E-state index in [1.54, 1.807) is 11.0 Å². The topological polar surface area (TPSA) is 108 Å². The van der Waals surface area contributed by atoms with Crippen LogP contribution in [0.25, 0.3) is 5.69 Å². The molecule has 1 aromatic carbocycles. The van der Waals surface area contributed by atoms with Gasteiger partial charge in [-0.15, -0.1) is 0 Å². The van der Waals surface area contributed by atoms with Crippen LogP contribution in [0, 0.1) is 5.82 Å². The van der Waals surface area contributed by atoms with E-state index in [-0.39, 0.29) is 23.5 Å². The van der Waals surface area contributed by atoms with Gasteiger partial charge in [0.25, 0.3) is 11.8 Å². The number of piperidine rings is 1. The van der Waals surface area contributed by atoms with E-state index in [0.717, 1.165) is 12.8 Å². The molecule has 2 N–H and O–H groups in total. The summed E-state index contributed by atoms with van der Waals surface area (Å²) in [7, 11) is 1.49. The van der Waals surface area contributed by atoms with Gasteiger partial charge in [-0.3, -0.25) is 4.79 Å². The first kappa shape index (κ1) is 19.6. The number of nitrogens with two attached hydrogens (primary N) is 1. The van der Waals surface area contributed by atoms with Gasteiger partial charge in [-0.1, -0.05) is 0 Å². The number of pyridine rings is 1. The molecule has 1 saturated heterocycles. The van der Waals surface area contributed by atoms with E-state index in [4.69, 9.17) is 15.2 Å². The van der Waals surface area contributed by atoms with Crippen molar-refractivity contribution < 1.29 is 18.7 Å². The second-order valence-electron chi connectivity index (χ2n) is 6.85. The maximum Gasteiger partial charge on any atom is 0.259 e. The van der Waals surface area contributed by atoms with E-state index in [1.807, 2.05) is 0 Å². The largest absolute Gasteiger partial charge is 0.490 e. The molecular weight excluding hydrogens is 391 g/mol. The first-order valence-electron chi connectivity index (χ1n) is 9.47. The predicted octanol–water partition coefficient (Wildman–Crippen LogP) is 2.08. The van der Waals surface area contributed by atoms with Gasteiger partial charge in [-0.2, -0.15) is 15.0 Å². The number of amides is 1. The molecule has 9 nitrogen and oxygen atoms in total. The number of ether oxygens (including phenoxy) is 2. The highest BCUT2D eigenvalue weighted by Crippen LogP contribution is 2.32. The van der Waals surface area contributed by atoms with Crippen LogP contribution in [0.2, 0.25) is 0 Å². The van der Waals surface area contributed by atoms with Crippen molar-refractivity contribution in [2.24, 2.45) is 0 Å². The fourth-order valence-corrected chi connectivity index (χ4v) is 3.47. The normalized spacial score (nSPS) is 16.3. The van der Waals surface area contributed by atoms with Gasteiger partial charge in [-0.25, -0.2) is 9.37 Å². The summed E-state index contributed by atoms with van der Waals surface area (Å²) >= 11 is 0. The number of carbonyl (C=O) groups excluding carboxylic acids is 1. The Balaban J connectivity index is 1.55. The van der Waals surface area contributed by atoms with Gasteiger partial charge in [0.15, 0.2) is 0 Å². The van der Waals surface area contributed by atoms with Gasteiger partial charge in [0.1, 0.15) is 11.9 Å². The lowest BCUT2D eigenvalue weighted by atomic mass is 10.1. The molecule has 0 aliphatic carbocycles. The lowest BCUT2D eigenvalue weighted by Crippen LogP contribution is -2.44. The summed E-state index contributed by atoms with van der Waals surface area (Å²) in [6, 6.07) is 5.59. The number of nitrogens with zero attached hydrogens (tertiary/aromatic N) is 5. The van der Waals surface area contributed by atoms with Crippen molar-refractivity contribution in [3.8, 4) is 17.3 Å². The number of hydrogen-bond donors (Lipinski definition) is 1. The second kappa shape index (κ2) is 8.36. The number of aromatic nitrogens is 4. The lowest BCUT2D eigenvalue weighted by Gasteiger charge is -2.33. The Morgan fingerprint density at radius 2 is 2.03 bits per heavy atom. The van der Waals surface area contributed by atoms with Crippen LogP contribution in [0.1, 0.15) is 23.2 Å². The fourth-order valence-electron chi connectivity index (χ4n) is 3.47. The minimum absolute atomic E-state index is 0.187. The molecule has 1 aliphatic rings. The highest BCUT2D eigenvalue weighted by Gasteiger charge is 2.29. The molecule has 2 aromatic heterocycles. The Kier molecular flexibility index (Phi) is 5.46. The highest BCUT2D eigenvalue weighted by molar-refractivity contribution is 5.97. The maximum absolute atomic E-state index is 13.9. The Morgan fingerprint density at radius 1 is 1.23 bits per heavy atom. The summed E-state index contributed by atoms with van der Waals surface area (Å²) in [5, 5.41) is 8.11. The molecule has 1 unspecified atom stereocenters. The van der Waals surface area contributed by atoms with Gasteiger partial charge in [0.05, 0.1) is 43.0 Å². The Labute approximate surface area is 172 Å². The van der Waals surface area contributed by atoms with Crippen molar-refractivity contribution in [3.63, 3.8) is 0 Å². The number of methoxy groups -OCH3 is 1. The lowest BCUT2D eigenvalue weighted by molar-refractivity contribution is 0.0520. The molecule has 1 atom stereocenters.